The van der Waals surface area contributed by atoms with Crippen molar-refractivity contribution in [3.05, 3.63) is 52.0 Å². The highest BCUT2D eigenvalue weighted by atomic mass is 35.5. The summed E-state index contributed by atoms with van der Waals surface area (Å²) in [4.78, 5) is 4.57. The molecule has 0 fully saturated rings. The summed E-state index contributed by atoms with van der Waals surface area (Å²) in [5, 5.41) is 21.2. The Bertz CT molecular complexity index is 728. The summed E-state index contributed by atoms with van der Waals surface area (Å²) in [6.45, 7) is 1.68. The standard InChI is InChI=1S/C15H12ClNO2S/c1-8-13(18)5-3-11(14(8)19)15-17-12-4-2-10(16)6-9(12)7-20-15/h2-6,18-19H,7H2,1H3. The molecule has 0 amide bonds. The van der Waals surface area contributed by atoms with Gasteiger partial charge in [0.1, 0.15) is 16.5 Å². The number of rotatable bonds is 1. The molecule has 1 aliphatic heterocycles. The van der Waals surface area contributed by atoms with Crippen LogP contribution in [0.5, 0.6) is 11.5 Å². The highest BCUT2D eigenvalue weighted by Gasteiger charge is 2.19. The molecule has 0 aromatic heterocycles. The van der Waals surface area contributed by atoms with Gasteiger partial charge in [0.05, 0.1) is 5.69 Å². The molecule has 102 valence electrons. The van der Waals surface area contributed by atoms with E-state index in [1.54, 1.807) is 36.9 Å². The van der Waals surface area contributed by atoms with E-state index in [4.69, 9.17) is 11.6 Å². The Morgan fingerprint density at radius 1 is 1.20 bits per heavy atom. The maximum atomic E-state index is 10.1. The first kappa shape index (κ1) is 13.3. The molecule has 2 aromatic rings. The molecular weight excluding hydrogens is 294 g/mol. The molecule has 0 saturated carbocycles. The lowest BCUT2D eigenvalue weighted by Crippen LogP contribution is -2.02. The van der Waals surface area contributed by atoms with Crippen LogP contribution in [0.4, 0.5) is 5.69 Å². The average molecular weight is 306 g/mol. The second kappa shape index (κ2) is 5.04. The third-order valence-electron chi connectivity index (χ3n) is 3.26. The van der Waals surface area contributed by atoms with E-state index < -0.39 is 0 Å². The van der Waals surface area contributed by atoms with Crippen LogP contribution in [0.25, 0.3) is 0 Å². The van der Waals surface area contributed by atoms with Gasteiger partial charge in [-0.2, -0.15) is 0 Å². The number of benzene rings is 2. The van der Waals surface area contributed by atoms with Crippen molar-refractivity contribution in [3.8, 4) is 11.5 Å². The van der Waals surface area contributed by atoms with Crippen LogP contribution in [0, 0.1) is 6.92 Å². The van der Waals surface area contributed by atoms with Gasteiger partial charge >= 0.3 is 0 Å². The topological polar surface area (TPSA) is 52.8 Å². The Balaban J connectivity index is 2.09. The molecule has 20 heavy (non-hydrogen) atoms. The molecule has 0 bridgehead atoms. The number of phenols is 2. The fourth-order valence-corrected chi connectivity index (χ4v) is 3.27. The first-order valence-electron chi connectivity index (χ1n) is 6.08. The van der Waals surface area contributed by atoms with Gasteiger partial charge in [0, 0.05) is 21.9 Å². The normalized spacial score (nSPS) is 13.8. The quantitative estimate of drug-likeness (QED) is 0.822. The smallest absolute Gasteiger partial charge is 0.132 e. The van der Waals surface area contributed by atoms with Crippen LogP contribution in [0.3, 0.4) is 0 Å². The molecule has 1 aliphatic rings. The Labute approximate surface area is 125 Å². The first-order valence-corrected chi connectivity index (χ1v) is 7.44. The fraction of sp³-hybridized carbons (Fsp3) is 0.133. The van der Waals surface area contributed by atoms with E-state index in [1.807, 2.05) is 12.1 Å². The molecule has 5 heteroatoms. The highest BCUT2D eigenvalue weighted by molar-refractivity contribution is 8.13. The molecule has 2 aromatic carbocycles. The van der Waals surface area contributed by atoms with Gasteiger partial charge in [-0.1, -0.05) is 11.6 Å². The largest absolute Gasteiger partial charge is 0.508 e. The van der Waals surface area contributed by atoms with E-state index in [9.17, 15) is 10.2 Å². The molecular formula is C15H12ClNO2S. The molecule has 0 atom stereocenters. The lowest BCUT2D eigenvalue weighted by molar-refractivity contribution is 0.442. The minimum absolute atomic E-state index is 0.0775. The van der Waals surface area contributed by atoms with Gasteiger partial charge in [-0.3, -0.25) is 0 Å². The fourth-order valence-electron chi connectivity index (χ4n) is 2.07. The average Bonchev–Trinajstić information content (AvgIpc) is 2.44. The monoisotopic (exact) mass is 305 g/mol. The second-order valence-corrected chi connectivity index (χ2v) is 5.99. The first-order chi connectivity index (χ1) is 9.56. The summed E-state index contributed by atoms with van der Waals surface area (Å²) in [5.74, 6) is 0.919. The summed E-state index contributed by atoms with van der Waals surface area (Å²) in [5.41, 5.74) is 3.06. The minimum atomic E-state index is 0.0775. The van der Waals surface area contributed by atoms with Gasteiger partial charge in [-0.05, 0) is 42.8 Å². The maximum Gasteiger partial charge on any atom is 0.132 e. The van der Waals surface area contributed by atoms with Crippen molar-refractivity contribution in [2.24, 2.45) is 4.99 Å². The van der Waals surface area contributed by atoms with E-state index >= 15 is 0 Å². The Hall–Kier alpha value is -1.65. The number of nitrogens with zero attached hydrogens (tertiary/aromatic N) is 1. The maximum absolute atomic E-state index is 10.1. The zero-order chi connectivity index (χ0) is 14.3. The van der Waals surface area contributed by atoms with Crippen molar-refractivity contribution in [3.63, 3.8) is 0 Å². The van der Waals surface area contributed by atoms with Crippen molar-refractivity contribution >= 4 is 34.1 Å². The summed E-state index contributed by atoms with van der Waals surface area (Å²) in [7, 11) is 0. The summed E-state index contributed by atoms with van der Waals surface area (Å²) in [6.07, 6.45) is 0. The van der Waals surface area contributed by atoms with Gasteiger partial charge in [0.15, 0.2) is 0 Å². The van der Waals surface area contributed by atoms with Gasteiger partial charge in [0.2, 0.25) is 0 Å². The van der Waals surface area contributed by atoms with Gasteiger partial charge in [-0.25, -0.2) is 4.99 Å². The zero-order valence-corrected chi connectivity index (χ0v) is 12.3. The van der Waals surface area contributed by atoms with E-state index in [0.29, 0.717) is 16.1 Å². The van der Waals surface area contributed by atoms with Gasteiger partial charge in [0.25, 0.3) is 0 Å². The predicted octanol–water partition coefficient (Wildman–Crippen LogP) is 4.38. The summed E-state index contributed by atoms with van der Waals surface area (Å²) >= 11 is 7.51. The molecule has 2 N–H and O–H groups in total. The third kappa shape index (κ3) is 2.25. The molecule has 3 nitrogen and oxygen atoms in total. The van der Waals surface area contributed by atoms with Crippen molar-refractivity contribution in [1.29, 1.82) is 0 Å². The molecule has 1 heterocycles. The lowest BCUT2D eigenvalue weighted by Gasteiger charge is -2.17. The summed E-state index contributed by atoms with van der Waals surface area (Å²) in [6, 6.07) is 8.85. The molecule has 0 aliphatic carbocycles. The van der Waals surface area contributed by atoms with Crippen LogP contribution in [-0.4, -0.2) is 15.3 Å². The Kier molecular flexibility index (Phi) is 3.36. The number of fused-ring (bicyclic) bond motifs is 1. The summed E-state index contributed by atoms with van der Waals surface area (Å²) < 4.78 is 0. The van der Waals surface area contributed by atoms with E-state index in [2.05, 4.69) is 4.99 Å². The zero-order valence-electron chi connectivity index (χ0n) is 10.7. The van der Waals surface area contributed by atoms with E-state index in [-0.39, 0.29) is 11.5 Å². The molecule has 3 rings (SSSR count). The molecule has 0 radical (unpaired) electrons. The number of thioether (sulfide) groups is 1. The number of phenolic OH excluding ortho intramolecular Hbond substituents is 2. The van der Waals surface area contributed by atoms with Crippen LogP contribution < -0.4 is 0 Å². The number of aliphatic imine (C=N–C) groups is 1. The SMILES string of the molecule is Cc1c(O)ccc(C2=Nc3ccc(Cl)cc3CS2)c1O. The molecule has 0 spiro atoms. The Morgan fingerprint density at radius 2 is 2.00 bits per heavy atom. The number of hydrogen-bond acceptors (Lipinski definition) is 4. The highest BCUT2D eigenvalue weighted by Crippen LogP contribution is 2.38. The predicted molar refractivity (Wildman–Crippen MR) is 83.5 cm³/mol. The van der Waals surface area contributed by atoms with Crippen molar-refractivity contribution in [2.45, 2.75) is 12.7 Å². The number of aromatic hydroxyl groups is 2. The second-order valence-electron chi connectivity index (χ2n) is 4.58. The van der Waals surface area contributed by atoms with Crippen molar-refractivity contribution in [2.75, 3.05) is 0 Å². The molecule has 0 unspecified atom stereocenters. The van der Waals surface area contributed by atoms with Crippen LogP contribution in [0.2, 0.25) is 5.02 Å². The van der Waals surface area contributed by atoms with Crippen LogP contribution in [0.1, 0.15) is 16.7 Å². The Morgan fingerprint density at radius 3 is 2.80 bits per heavy atom. The van der Waals surface area contributed by atoms with Crippen molar-refractivity contribution < 1.29 is 10.2 Å². The number of halogens is 1. The van der Waals surface area contributed by atoms with E-state index in [0.717, 1.165) is 22.0 Å². The molecule has 0 saturated heterocycles. The third-order valence-corrected chi connectivity index (χ3v) is 4.54. The van der Waals surface area contributed by atoms with E-state index in [1.165, 1.54) is 0 Å². The van der Waals surface area contributed by atoms with Crippen molar-refractivity contribution in [1.82, 2.24) is 0 Å². The van der Waals surface area contributed by atoms with Gasteiger partial charge in [-0.15, -0.1) is 11.8 Å². The van der Waals surface area contributed by atoms with Crippen LogP contribution >= 0.6 is 23.4 Å². The number of hydrogen-bond donors (Lipinski definition) is 2. The van der Waals surface area contributed by atoms with Gasteiger partial charge < -0.3 is 10.2 Å². The lowest BCUT2D eigenvalue weighted by atomic mass is 10.1. The minimum Gasteiger partial charge on any atom is -0.508 e. The van der Waals surface area contributed by atoms with Crippen LogP contribution in [0.15, 0.2) is 35.3 Å². The van der Waals surface area contributed by atoms with Crippen LogP contribution in [-0.2, 0) is 5.75 Å².